The molecule has 126 valence electrons. The van der Waals surface area contributed by atoms with Gasteiger partial charge in [-0.1, -0.05) is 18.2 Å². The van der Waals surface area contributed by atoms with Crippen molar-refractivity contribution in [3.63, 3.8) is 0 Å². The number of fused-ring (bicyclic) bond motifs is 1. The van der Waals surface area contributed by atoms with Gasteiger partial charge in [-0.15, -0.1) is 11.3 Å². The standard InChI is InChI=1S/C18H21N3OS2/c1-13-16(15-5-2-3-6-17(15)24-13)11-19-8-4-9-20-18(22)21-14-7-10-23-12-14/h2-3,5-7,10,12,19H,4,8-9,11H2,1H3,(H2,20,21,22)/p+1. The van der Waals surface area contributed by atoms with E-state index in [2.05, 4.69) is 47.1 Å². The molecule has 2 amide bonds. The van der Waals surface area contributed by atoms with Crippen molar-refractivity contribution >= 4 is 44.5 Å². The molecular formula is C18H22N3OS2+. The molecule has 0 spiro atoms. The highest BCUT2D eigenvalue weighted by Crippen LogP contribution is 2.29. The van der Waals surface area contributed by atoms with Crippen LogP contribution in [0.1, 0.15) is 16.9 Å². The fourth-order valence-corrected chi connectivity index (χ4v) is 4.36. The number of nitrogens with one attached hydrogen (secondary N) is 2. The molecule has 0 radical (unpaired) electrons. The molecule has 0 saturated carbocycles. The number of anilines is 1. The summed E-state index contributed by atoms with van der Waals surface area (Å²) >= 11 is 3.44. The Morgan fingerprint density at radius 3 is 2.96 bits per heavy atom. The molecule has 3 rings (SSSR count). The van der Waals surface area contributed by atoms with Crippen molar-refractivity contribution in [2.75, 3.05) is 18.4 Å². The van der Waals surface area contributed by atoms with Crippen LogP contribution in [0.5, 0.6) is 0 Å². The molecule has 0 aliphatic carbocycles. The van der Waals surface area contributed by atoms with Gasteiger partial charge in [0.2, 0.25) is 0 Å². The molecule has 2 heterocycles. The summed E-state index contributed by atoms with van der Waals surface area (Å²) in [5.41, 5.74) is 2.29. The molecule has 3 aromatic rings. The largest absolute Gasteiger partial charge is 0.342 e. The van der Waals surface area contributed by atoms with E-state index in [1.165, 1.54) is 20.5 Å². The van der Waals surface area contributed by atoms with Gasteiger partial charge in [0.05, 0.1) is 12.2 Å². The van der Waals surface area contributed by atoms with Crippen molar-refractivity contribution in [1.29, 1.82) is 0 Å². The molecule has 0 aliphatic heterocycles. The van der Waals surface area contributed by atoms with Gasteiger partial charge in [-0.2, -0.15) is 11.3 Å². The number of amides is 2. The van der Waals surface area contributed by atoms with Crippen LogP contribution in [-0.4, -0.2) is 19.1 Å². The number of aryl methyl sites for hydroxylation is 1. The third-order valence-corrected chi connectivity index (χ3v) is 5.71. The molecule has 1 aromatic carbocycles. The van der Waals surface area contributed by atoms with Crippen LogP contribution in [0.25, 0.3) is 10.1 Å². The summed E-state index contributed by atoms with van der Waals surface area (Å²) in [7, 11) is 0. The number of nitrogens with two attached hydrogens (primary N) is 1. The minimum absolute atomic E-state index is 0.131. The minimum atomic E-state index is -0.131. The summed E-state index contributed by atoms with van der Waals surface area (Å²) < 4.78 is 1.37. The molecule has 4 nitrogen and oxygen atoms in total. The van der Waals surface area contributed by atoms with Crippen molar-refractivity contribution in [1.82, 2.24) is 5.32 Å². The van der Waals surface area contributed by atoms with Crippen LogP contribution in [0.4, 0.5) is 10.5 Å². The highest BCUT2D eigenvalue weighted by Gasteiger charge is 2.09. The van der Waals surface area contributed by atoms with E-state index >= 15 is 0 Å². The van der Waals surface area contributed by atoms with E-state index in [0.717, 1.165) is 25.2 Å². The molecule has 0 saturated heterocycles. The number of carbonyl (C=O) groups is 1. The number of thiophene rings is 2. The zero-order valence-corrected chi connectivity index (χ0v) is 15.3. The summed E-state index contributed by atoms with van der Waals surface area (Å²) in [6, 6.07) is 10.4. The Morgan fingerprint density at radius 1 is 1.25 bits per heavy atom. The average Bonchev–Trinajstić information content (AvgIpc) is 3.18. The van der Waals surface area contributed by atoms with Gasteiger partial charge in [-0.05, 0) is 24.4 Å². The zero-order chi connectivity index (χ0) is 16.8. The van der Waals surface area contributed by atoms with E-state index in [4.69, 9.17) is 0 Å². The molecule has 6 heteroatoms. The van der Waals surface area contributed by atoms with Crippen molar-refractivity contribution in [3.8, 4) is 0 Å². The van der Waals surface area contributed by atoms with Crippen LogP contribution in [0.2, 0.25) is 0 Å². The number of benzene rings is 1. The van der Waals surface area contributed by atoms with Gasteiger partial charge in [0.15, 0.2) is 0 Å². The summed E-state index contributed by atoms with van der Waals surface area (Å²) in [6.07, 6.45) is 0.957. The minimum Gasteiger partial charge on any atom is -0.342 e. The highest BCUT2D eigenvalue weighted by atomic mass is 32.1. The zero-order valence-electron chi connectivity index (χ0n) is 13.7. The van der Waals surface area contributed by atoms with E-state index in [9.17, 15) is 4.79 Å². The van der Waals surface area contributed by atoms with Crippen LogP contribution in [0.3, 0.4) is 0 Å². The summed E-state index contributed by atoms with van der Waals surface area (Å²) in [5, 5.41) is 13.3. The van der Waals surface area contributed by atoms with Crippen LogP contribution in [-0.2, 0) is 6.54 Å². The maximum absolute atomic E-state index is 11.7. The van der Waals surface area contributed by atoms with E-state index in [1.54, 1.807) is 11.3 Å². The highest BCUT2D eigenvalue weighted by molar-refractivity contribution is 7.19. The second-order valence-electron chi connectivity index (χ2n) is 5.66. The van der Waals surface area contributed by atoms with Gasteiger partial charge in [0, 0.05) is 38.9 Å². The van der Waals surface area contributed by atoms with E-state index in [-0.39, 0.29) is 6.03 Å². The predicted molar refractivity (Wildman–Crippen MR) is 103 cm³/mol. The Bertz CT molecular complexity index is 796. The molecule has 0 atom stereocenters. The van der Waals surface area contributed by atoms with E-state index in [0.29, 0.717) is 6.54 Å². The van der Waals surface area contributed by atoms with E-state index < -0.39 is 0 Å². The fraction of sp³-hybridized carbons (Fsp3) is 0.278. The Morgan fingerprint density at radius 2 is 2.12 bits per heavy atom. The first-order valence-electron chi connectivity index (χ1n) is 8.10. The molecule has 0 fully saturated rings. The fourth-order valence-electron chi connectivity index (χ4n) is 2.68. The van der Waals surface area contributed by atoms with Gasteiger partial charge < -0.3 is 16.0 Å². The number of rotatable bonds is 7. The van der Waals surface area contributed by atoms with Gasteiger partial charge in [-0.25, -0.2) is 4.79 Å². The van der Waals surface area contributed by atoms with E-state index in [1.807, 2.05) is 28.2 Å². The Balaban J connectivity index is 1.36. The Labute approximate surface area is 149 Å². The number of carbonyl (C=O) groups excluding carboxylic acids is 1. The van der Waals surface area contributed by atoms with Crippen molar-refractivity contribution in [2.24, 2.45) is 0 Å². The maximum atomic E-state index is 11.7. The number of urea groups is 1. The van der Waals surface area contributed by atoms with Gasteiger partial charge >= 0.3 is 6.03 Å². The maximum Gasteiger partial charge on any atom is 0.319 e. The average molecular weight is 361 g/mol. The first-order chi connectivity index (χ1) is 11.7. The summed E-state index contributed by atoms with van der Waals surface area (Å²) in [4.78, 5) is 13.1. The number of hydrogen-bond donors (Lipinski definition) is 3. The molecule has 0 bridgehead atoms. The van der Waals surface area contributed by atoms with Crippen LogP contribution in [0.15, 0.2) is 41.1 Å². The monoisotopic (exact) mass is 360 g/mol. The third-order valence-electron chi connectivity index (χ3n) is 3.90. The second kappa shape index (κ2) is 8.28. The Kier molecular flexibility index (Phi) is 5.85. The normalized spacial score (nSPS) is 10.9. The van der Waals surface area contributed by atoms with Crippen LogP contribution >= 0.6 is 22.7 Å². The quantitative estimate of drug-likeness (QED) is 0.555. The number of hydrogen-bond acceptors (Lipinski definition) is 3. The van der Waals surface area contributed by atoms with Gasteiger partial charge in [-0.3, -0.25) is 0 Å². The van der Waals surface area contributed by atoms with Crippen LogP contribution in [0, 0.1) is 6.92 Å². The lowest BCUT2D eigenvalue weighted by atomic mass is 10.1. The lowest BCUT2D eigenvalue weighted by molar-refractivity contribution is -0.670. The molecule has 0 unspecified atom stereocenters. The lowest BCUT2D eigenvalue weighted by Gasteiger charge is -2.06. The van der Waals surface area contributed by atoms with Crippen molar-refractivity contribution < 1.29 is 10.1 Å². The second-order valence-corrected chi connectivity index (χ2v) is 7.70. The van der Waals surface area contributed by atoms with Crippen molar-refractivity contribution in [3.05, 3.63) is 51.5 Å². The van der Waals surface area contributed by atoms with Crippen LogP contribution < -0.4 is 16.0 Å². The SMILES string of the molecule is Cc1sc2ccccc2c1C[NH2+]CCCNC(=O)Nc1ccsc1. The summed E-state index contributed by atoms with van der Waals surface area (Å²) in [5.74, 6) is 0. The summed E-state index contributed by atoms with van der Waals surface area (Å²) in [6.45, 7) is 4.89. The smallest absolute Gasteiger partial charge is 0.319 e. The topological polar surface area (TPSA) is 57.7 Å². The van der Waals surface area contributed by atoms with Gasteiger partial charge in [0.1, 0.15) is 6.54 Å². The van der Waals surface area contributed by atoms with Gasteiger partial charge in [0.25, 0.3) is 0 Å². The third kappa shape index (κ3) is 4.35. The van der Waals surface area contributed by atoms with Crippen molar-refractivity contribution in [2.45, 2.75) is 19.9 Å². The number of quaternary nitrogens is 1. The molecule has 4 N–H and O–H groups in total. The Hall–Kier alpha value is -1.89. The lowest BCUT2D eigenvalue weighted by Crippen LogP contribution is -2.82. The molecular weight excluding hydrogens is 338 g/mol. The molecule has 2 aromatic heterocycles. The molecule has 24 heavy (non-hydrogen) atoms. The predicted octanol–water partition coefficient (Wildman–Crippen LogP) is 3.55. The molecule has 0 aliphatic rings. The first kappa shape index (κ1) is 17.0. The first-order valence-corrected chi connectivity index (χ1v) is 9.85.